The summed E-state index contributed by atoms with van der Waals surface area (Å²) in [6, 6.07) is 83.6. The minimum atomic E-state index is 0.591. The Labute approximate surface area is 396 Å². The summed E-state index contributed by atoms with van der Waals surface area (Å²) in [5, 5.41) is 6.99. The van der Waals surface area contributed by atoms with Crippen LogP contribution in [0.25, 0.3) is 133 Å². The van der Waals surface area contributed by atoms with Crippen molar-refractivity contribution in [2.75, 3.05) is 0 Å². The molecule has 0 saturated heterocycles. The van der Waals surface area contributed by atoms with Crippen molar-refractivity contribution in [3.05, 3.63) is 237 Å². The molecule has 69 heavy (non-hydrogen) atoms. The third-order valence-corrected chi connectivity index (χ3v) is 13.6. The first-order valence-electron chi connectivity index (χ1n) is 23.3. The molecule has 0 radical (unpaired) electrons. The number of hydrogen-bond acceptors (Lipinski definition) is 4. The summed E-state index contributed by atoms with van der Waals surface area (Å²) in [6.45, 7) is 0. The number of furan rings is 1. The maximum atomic E-state index is 6.56. The third kappa shape index (κ3) is 6.45. The quantitative estimate of drug-likeness (QED) is 0.160. The fourth-order valence-corrected chi connectivity index (χ4v) is 10.3. The van der Waals surface area contributed by atoms with Crippen LogP contribution >= 0.6 is 0 Å². The molecule has 14 rings (SSSR count). The highest BCUT2D eigenvalue weighted by Crippen LogP contribution is 2.41. The van der Waals surface area contributed by atoms with E-state index in [-0.39, 0.29) is 0 Å². The van der Waals surface area contributed by atoms with E-state index in [9.17, 15) is 0 Å². The van der Waals surface area contributed by atoms with Crippen LogP contribution in [0.5, 0.6) is 0 Å². The van der Waals surface area contributed by atoms with Gasteiger partial charge in [0.15, 0.2) is 17.5 Å². The van der Waals surface area contributed by atoms with Gasteiger partial charge in [-0.2, -0.15) is 0 Å². The predicted molar refractivity (Wildman–Crippen MR) is 283 cm³/mol. The monoisotopic (exact) mass is 881 g/mol. The third-order valence-electron chi connectivity index (χ3n) is 13.6. The molecule has 322 valence electrons. The molecule has 6 heteroatoms. The van der Waals surface area contributed by atoms with Crippen LogP contribution in [0.2, 0.25) is 0 Å². The van der Waals surface area contributed by atoms with E-state index in [4.69, 9.17) is 19.4 Å². The summed E-state index contributed by atoms with van der Waals surface area (Å²) in [5.41, 5.74) is 15.9. The van der Waals surface area contributed by atoms with Gasteiger partial charge in [-0.05, 0) is 95.1 Å². The van der Waals surface area contributed by atoms with Crippen LogP contribution in [0.1, 0.15) is 0 Å². The molecule has 4 aromatic heterocycles. The second kappa shape index (κ2) is 15.6. The summed E-state index contributed by atoms with van der Waals surface area (Å²) < 4.78 is 11.4. The molecule has 0 N–H and O–H groups in total. The summed E-state index contributed by atoms with van der Waals surface area (Å²) in [7, 11) is 0. The maximum absolute atomic E-state index is 6.56. The number of fused-ring (bicyclic) bond motifs is 9. The summed E-state index contributed by atoms with van der Waals surface area (Å²) in [4.78, 5) is 14.8. The molecule has 4 heterocycles. The molecule has 0 amide bonds. The summed E-state index contributed by atoms with van der Waals surface area (Å²) in [5.74, 6) is 1.84. The molecular formula is C63H39N5O. The fourth-order valence-electron chi connectivity index (χ4n) is 10.3. The molecule has 0 bridgehead atoms. The van der Waals surface area contributed by atoms with Gasteiger partial charge in [0.25, 0.3) is 0 Å². The Kier molecular flexibility index (Phi) is 8.79. The Morgan fingerprint density at radius 2 is 0.638 bits per heavy atom. The number of benzene rings is 10. The van der Waals surface area contributed by atoms with E-state index in [0.29, 0.717) is 17.5 Å². The molecular weight excluding hydrogens is 843 g/mol. The molecule has 0 atom stereocenters. The lowest BCUT2D eigenvalue weighted by Crippen LogP contribution is -2.00. The standard InChI is InChI=1S/C63H39N5O/c1-5-15-40(16-6-1)61-64-62(41-17-7-2-8-18-41)66-63(65-61)46-28-33-53-54-35-42(29-34-59(54)69-60(53)39-46)43-25-31-51-52-32-27-45(38-58(52)68(57(51)36-43)48-21-11-4-12-22-48)44-26-30-50-49-23-13-14-24-55(49)67(56(50)37-44)47-19-9-3-10-20-47/h1-39H. The lowest BCUT2D eigenvalue weighted by Gasteiger charge is -2.11. The van der Waals surface area contributed by atoms with Crippen LogP contribution in [0.15, 0.2) is 241 Å². The van der Waals surface area contributed by atoms with E-state index in [1.807, 2.05) is 66.7 Å². The van der Waals surface area contributed by atoms with Gasteiger partial charge in [-0.3, -0.25) is 0 Å². The molecule has 0 aliphatic rings. The number of para-hydroxylation sites is 3. The second-order valence-electron chi connectivity index (χ2n) is 17.6. The molecule has 0 aliphatic heterocycles. The Morgan fingerprint density at radius 1 is 0.246 bits per heavy atom. The molecule has 0 aliphatic carbocycles. The fraction of sp³-hybridized carbons (Fsp3) is 0. The van der Waals surface area contributed by atoms with E-state index in [2.05, 4.69) is 179 Å². The van der Waals surface area contributed by atoms with Crippen LogP contribution < -0.4 is 0 Å². The largest absolute Gasteiger partial charge is 0.456 e. The van der Waals surface area contributed by atoms with Crippen LogP contribution in [0, 0.1) is 0 Å². The van der Waals surface area contributed by atoms with Crippen LogP contribution in [-0.4, -0.2) is 24.1 Å². The Morgan fingerprint density at radius 3 is 1.17 bits per heavy atom. The van der Waals surface area contributed by atoms with Crippen molar-refractivity contribution in [3.63, 3.8) is 0 Å². The molecule has 0 unspecified atom stereocenters. The van der Waals surface area contributed by atoms with Crippen molar-refractivity contribution >= 4 is 65.6 Å². The first-order valence-corrected chi connectivity index (χ1v) is 23.3. The van der Waals surface area contributed by atoms with E-state index in [0.717, 1.165) is 72.2 Å². The second-order valence-corrected chi connectivity index (χ2v) is 17.6. The van der Waals surface area contributed by atoms with Gasteiger partial charge in [-0.15, -0.1) is 0 Å². The topological polar surface area (TPSA) is 61.7 Å². The molecule has 0 saturated carbocycles. The van der Waals surface area contributed by atoms with Crippen molar-refractivity contribution in [1.82, 2.24) is 24.1 Å². The zero-order chi connectivity index (χ0) is 45.4. The van der Waals surface area contributed by atoms with Crippen molar-refractivity contribution in [2.45, 2.75) is 0 Å². The van der Waals surface area contributed by atoms with Gasteiger partial charge in [0, 0.05) is 60.4 Å². The highest BCUT2D eigenvalue weighted by atomic mass is 16.3. The van der Waals surface area contributed by atoms with Gasteiger partial charge in [0.1, 0.15) is 11.2 Å². The van der Waals surface area contributed by atoms with Crippen molar-refractivity contribution in [1.29, 1.82) is 0 Å². The minimum absolute atomic E-state index is 0.591. The van der Waals surface area contributed by atoms with Crippen LogP contribution in [0.3, 0.4) is 0 Å². The van der Waals surface area contributed by atoms with Crippen LogP contribution in [-0.2, 0) is 0 Å². The maximum Gasteiger partial charge on any atom is 0.164 e. The first kappa shape index (κ1) is 38.8. The van der Waals surface area contributed by atoms with Crippen molar-refractivity contribution in [2.24, 2.45) is 0 Å². The van der Waals surface area contributed by atoms with E-state index >= 15 is 0 Å². The lowest BCUT2D eigenvalue weighted by molar-refractivity contribution is 0.669. The SMILES string of the molecule is c1ccc(-c2nc(-c3ccccc3)nc(-c3ccc4c(c3)oc3ccc(-c5ccc6c7ccc(-c8ccc9c%10ccccc%10n(-c%10ccccc%10)c9c8)cc7n(-c7ccccc7)c6c5)cc34)n2)cc1. The molecule has 6 nitrogen and oxygen atoms in total. The van der Waals surface area contributed by atoms with Gasteiger partial charge in [0.2, 0.25) is 0 Å². The predicted octanol–water partition coefficient (Wildman–Crippen LogP) is 16.3. The van der Waals surface area contributed by atoms with Gasteiger partial charge >= 0.3 is 0 Å². The number of rotatable bonds is 7. The van der Waals surface area contributed by atoms with Gasteiger partial charge in [-0.1, -0.05) is 164 Å². The minimum Gasteiger partial charge on any atom is -0.456 e. The van der Waals surface area contributed by atoms with Gasteiger partial charge < -0.3 is 13.6 Å². The van der Waals surface area contributed by atoms with E-state index in [1.165, 1.54) is 43.7 Å². The summed E-state index contributed by atoms with van der Waals surface area (Å²) in [6.07, 6.45) is 0. The lowest BCUT2D eigenvalue weighted by atomic mass is 10.00. The molecule has 10 aromatic carbocycles. The highest BCUT2D eigenvalue weighted by molar-refractivity contribution is 6.13. The Bertz CT molecular complexity index is 4230. The van der Waals surface area contributed by atoms with Gasteiger partial charge in [0.05, 0.1) is 22.1 Å². The zero-order valence-corrected chi connectivity index (χ0v) is 37.2. The average molecular weight is 882 g/mol. The highest BCUT2D eigenvalue weighted by Gasteiger charge is 2.19. The first-order chi connectivity index (χ1) is 34.2. The van der Waals surface area contributed by atoms with E-state index in [1.54, 1.807) is 0 Å². The number of hydrogen-bond donors (Lipinski definition) is 0. The number of aromatic nitrogens is 5. The van der Waals surface area contributed by atoms with E-state index < -0.39 is 0 Å². The average Bonchev–Trinajstić information content (AvgIpc) is 4.08. The van der Waals surface area contributed by atoms with Crippen molar-refractivity contribution < 1.29 is 4.42 Å². The smallest absolute Gasteiger partial charge is 0.164 e. The molecule has 0 fully saturated rings. The van der Waals surface area contributed by atoms with Crippen LogP contribution in [0.4, 0.5) is 0 Å². The Balaban J connectivity index is 0.874. The Hall–Kier alpha value is -9.39. The van der Waals surface area contributed by atoms with Crippen molar-refractivity contribution in [3.8, 4) is 67.8 Å². The van der Waals surface area contributed by atoms with Gasteiger partial charge in [-0.25, -0.2) is 15.0 Å². The molecule has 0 spiro atoms. The zero-order valence-electron chi connectivity index (χ0n) is 37.2. The normalized spacial score (nSPS) is 11.8. The molecule has 14 aromatic rings. The number of nitrogens with zero attached hydrogens (tertiary/aromatic N) is 5. The summed E-state index contributed by atoms with van der Waals surface area (Å²) >= 11 is 0.